The molecular weight excluding hydrogens is 341 g/mol. The van der Waals surface area contributed by atoms with E-state index in [0.717, 1.165) is 12.1 Å². The van der Waals surface area contributed by atoms with Crippen LogP contribution in [-0.4, -0.2) is 0 Å². The Kier molecular flexibility index (Phi) is 4.77. The van der Waals surface area contributed by atoms with Crippen LogP contribution in [0.2, 0.25) is 0 Å². The molecule has 1 atom stereocenters. The van der Waals surface area contributed by atoms with Crippen molar-refractivity contribution in [3.8, 4) is 5.75 Å². The van der Waals surface area contributed by atoms with Crippen LogP contribution in [-0.2, 0) is 12.4 Å². The molecule has 0 aliphatic heterocycles. The molecule has 0 aromatic heterocycles. The first-order valence-electron chi connectivity index (χ1n) is 6.68. The van der Waals surface area contributed by atoms with E-state index >= 15 is 0 Å². The molecule has 130 valence electrons. The van der Waals surface area contributed by atoms with E-state index in [1.165, 1.54) is 19.1 Å². The van der Waals surface area contributed by atoms with Crippen molar-refractivity contribution in [1.29, 1.82) is 0 Å². The van der Waals surface area contributed by atoms with Gasteiger partial charge in [0.05, 0.1) is 11.1 Å². The molecule has 1 unspecified atom stereocenters. The molecule has 0 aliphatic rings. The Balaban J connectivity index is 2.41. The Morgan fingerprint density at radius 2 is 1.38 bits per heavy atom. The molecule has 2 aromatic carbocycles. The summed E-state index contributed by atoms with van der Waals surface area (Å²) < 4.78 is 95.3. The van der Waals surface area contributed by atoms with Crippen LogP contribution in [0.15, 0.2) is 42.5 Å². The fourth-order valence-corrected chi connectivity index (χ4v) is 2.03. The summed E-state index contributed by atoms with van der Waals surface area (Å²) in [5.41, 5.74) is -3.18. The Morgan fingerprint density at radius 1 is 0.833 bits per heavy atom. The van der Waals surface area contributed by atoms with Crippen molar-refractivity contribution >= 4 is 0 Å². The van der Waals surface area contributed by atoms with Crippen LogP contribution in [0.4, 0.5) is 30.7 Å². The molecule has 0 fully saturated rings. The maximum absolute atomic E-state index is 13.1. The van der Waals surface area contributed by atoms with Gasteiger partial charge in [-0.1, -0.05) is 6.07 Å². The molecule has 0 N–H and O–H groups in total. The highest BCUT2D eigenvalue weighted by Gasteiger charge is 2.37. The smallest absolute Gasteiger partial charge is 0.416 e. The molecule has 0 spiro atoms. The summed E-state index contributed by atoms with van der Waals surface area (Å²) in [5.74, 6) is -0.645. The van der Waals surface area contributed by atoms with Crippen LogP contribution in [0.1, 0.15) is 29.7 Å². The van der Waals surface area contributed by atoms with Crippen molar-refractivity contribution in [3.63, 3.8) is 0 Å². The maximum atomic E-state index is 13.1. The number of ether oxygens (including phenoxy) is 1. The molecule has 2 rings (SSSR count). The molecule has 24 heavy (non-hydrogen) atoms. The van der Waals surface area contributed by atoms with E-state index in [-0.39, 0.29) is 17.4 Å². The van der Waals surface area contributed by atoms with Gasteiger partial charge in [0.2, 0.25) is 0 Å². The highest BCUT2D eigenvalue weighted by molar-refractivity contribution is 5.35. The lowest BCUT2D eigenvalue weighted by atomic mass is 10.0. The van der Waals surface area contributed by atoms with Gasteiger partial charge in [0.15, 0.2) is 0 Å². The average molecular weight is 352 g/mol. The van der Waals surface area contributed by atoms with Gasteiger partial charge in [-0.2, -0.15) is 26.3 Å². The van der Waals surface area contributed by atoms with Crippen molar-refractivity contribution < 1.29 is 35.5 Å². The fourth-order valence-electron chi connectivity index (χ4n) is 2.03. The van der Waals surface area contributed by atoms with Crippen LogP contribution < -0.4 is 4.74 Å². The monoisotopic (exact) mass is 352 g/mol. The largest absolute Gasteiger partial charge is 0.486 e. The lowest BCUT2D eigenvalue weighted by molar-refractivity contribution is -0.143. The molecule has 2 aromatic rings. The van der Waals surface area contributed by atoms with Gasteiger partial charge in [0, 0.05) is 6.07 Å². The second-order valence-corrected chi connectivity index (χ2v) is 5.06. The molecular formula is C16H11F7O. The third kappa shape index (κ3) is 4.39. The van der Waals surface area contributed by atoms with Crippen molar-refractivity contribution in [2.75, 3.05) is 0 Å². The van der Waals surface area contributed by atoms with Crippen LogP contribution >= 0.6 is 0 Å². The Hall–Kier alpha value is -2.25. The first-order valence-corrected chi connectivity index (χ1v) is 6.68. The second-order valence-electron chi connectivity index (χ2n) is 5.06. The predicted molar refractivity (Wildman–Crippen MR) is 71.9 cm³/mol. The van der Waals surface area contributed by atoms with Crippen molar-refractivity contribution in [2.45, 2.75) is 25.4 Å². The van der Waals surface area contributed by atoms with Gasteiger partial charge in [-0.3, -0.25) is 0 Å². The minimum atomic E-state index is -4.94. The molecule has 0 amide bonds. The summed E-state index contributed by atoms with van der Waals surface area (Å²) in [6.07, 6.45) is -11.0. The predicted octanol–water partition coefficient (Wildman–Crippen LogP) is 6.00. The van der Waals surface area contributed by atoms with Gasteiger partial charge in [-0.25, -0.2) is 4.39 Å². The summed E-state index contributed by atoms with van der Waals surface area (Å²) in [6, 6.07) is 5.97. The second kappa shape index (κ2) is 6.33. The standard InChI is InChI=1S/C16H11F7O/c1-9(24-14-4-2-3-13(17)8-14)10-5-11(15(18,19)20)7-12(6-10)16(21,22)23/h2-9H,1H3. The van der Waals surface area contributed by atoms with Crippen LogP contribution in [0.5, 0.6) is 5.75 Å². The van der Waals surface area contributed by atoms with Gasteiger partial charge in [0.1, 0.15) is 17.7 Å². The van der Waals surface area contributed by atoms with Gasteiger partial charge < -0.3 is 4.74 Å². The normalized spacial score (nSPS) is 13.7. The zero-order valence-corrected chi connectivity index (χ0v) is 12.2. The van der Waals surface area contributed by atoms with Gasteiger partial charge >= 0.3 is 12.4 Å². The first-order chi connectivity index (χ1) is 11.0. The van der Waals surface area contributed by atoms with Gasteiger partial charge in [-0.05, 0) is 42.8 Å². The quantitative estimate of drug-likeness (QED) is 0.615. The Labute approximate surface area is 132 Å². The van der Waals surface area contributed by atoms with Crippen LogP contribution in [0.25, 0.3) is 0 Å². The summed E-state index contributed by atoms with van der Waals surface area (Å²) in [4.78, 5) is 0. The van der Waals surface area contributed by atoms with E-state index < -0.39 is 35.4 Å². The highest BCUT2D eigenvalue weighted by Crippen LogP contribution is 2.38. The fraction of sp³-hybridized carbons (Fsp3) is 0.250. The van der Waals surface area contributed by atoms with E-state index in [1.807, 2.05) is 0 Å². The van der Waals surface area contributed by atoms with Crippen molar-refractivity contribution in [3.05, 3.63) is 65.0 Å². The minimum Gasteiger partial charge on any atom is -0.486 e. The number of halogens is 7. The summed E-state index contributed by atoms with van der Waals surface area (Å²) >= 11 is 0. The van der Waals surface area contributed by atoms with E-state index in [4.69, 9.17) is 4.74 Å². The summed E-state index contributed by atoms with van der Waals surface area (Å²) in [6.45, 7) is 1.28. The maximum Gasteiger partial charge on any atom is 0.416 e. The Morgan fingerprint density at radius 3 is 1.83 bits per heavy atom. The molecule has 0 bridgehead atoms. The highest BCUT2D eigenvalue weighted by atomic mass is 19.4. The summed E-state index contributed by atoms with van der Waals surface area (Å²) in [5, 5.41) is 0. The van der Waals surface area contributed by atoms with E-state index in [9.17, 15) is 30.7 Å². The van der Waals surface area contributed by atoms with Crippen LogP contribution in [0.3, 0.4) is 0 Å². The number of alkyl halides is 6. The van der Waals surface area contributed by atoms with Crippen molar-refractivity contribution in [2.24, 2.45) is 0 Å². The van der Waals surface area contributed by atoms with E-state index in [2.05, 4.69) is 0 Å². The average Bonchev–Trinajstić information content (AvgIpc) is 2.45. The number of hydrogen-bond donors (Lipinski definition) is 0. The van der Waals surface area contributed by atoms with E-state index in [0.29, 0.717) is 12.1 Å². The van der Waals surface area contributed by atoms with Gasteiger partial charge in [0.25, 0.3) is 0 Å². The third-order valence-electron chi connectivity index (χ3n) is 3.19. The molecule has 8 heteroatoms. The molecule has 0 saturated heterocycles. The zero-order chi connectivity index (χ0) is 18.1. The van der Waals surface area contributed by atoms with E-state index in [1.54, 1.807) is 0 Å². The zero-order valence-electron chi connectivity index (χ0n) is 12.2. The number of rotatable bonds is 3. The van der Waals surface area contributed by atoms with Crippen LogP contribution in [0, 0.1) is 5.82 Å². The molecule has 0 radical (unpaired) electrons. The minimum absolute atomic E-state index is 0.00605. The topological polar surface area (TPSA) is 9.23 Å². The number of benzene rings is 2. The lowest BCUT2D eigenvalue weighted by Crippen LogP contribution is -2.14. The molecule has 0 aliphatic carbocycles. The lowest BCUT2D eigenvalue weighted by Gasteiger charge is -2.19. The molecule has 1 nitrogen and oxygen atoms in total. The van der Waals surface area contributed by atoms with Gasteiger partial charge in [-0.15, -0.1) is 0 Å². The summed E-state index contributed by atoms with van der Waals surface area (Å²) in [7, 11) is 0. The third-order valence-corrected chi connectivity index (χ3v) is 3.19. The first kappa shape index (κ1) is 18.1. The SMILES string of the molecule is CC(Oc1cccc(F)c1)c1cc(C(F)(F)F)cc(C(F)(F)F)c1. The molecule has 0 heterocycles. The van der Waals surface area contributed by atoms with Crippen molar-refractivity contribution in [1.82, 2.24) is 0 Å². The number of hydrogen-bond acceptors (Lipinski definition) is 1. The Bertz CT molecular complexity index is 687. The molecule has 0 saturated carbocycles.